The molecule has 3 rings (SSSR count). The summed E-state index contributed by atoms with van der Waals surface area (Å²) in [5, 5.41) is 0.0727. The van der Waals surface area contributed by atoms with E-state index in [0.717, 1.165) is 4.90 Å². The van der Waals surface area contributed by atoms with Gasteiger partial charge in [-0.15, -0.1) is 0 Å². The molecule has 1 aliphatic heterocycles. The molecule has 0 saturated carbocycles. The fourth-order valence-electron chi connectivity index (χ4n) is 2.55. The number of hydrogen-bond acceptors (Lipinski definition) is 5. The van der Waals surface area contributed by atoms with Gasteiger partial charge in [0.2, 0.25) is 10.0 Å². The van der Waals surface area contributed by atoms with Crippen molar-refractivity contribution in [3.05, 3.63) is 65.2 Å². The fraction of sp³-hybridized carbons (Fsp3) is 0.176. The molecule has 1 heterocycles. The van der Waals surface area contributed by atoms with E-state index >= 15 is 0 Å². The third-order valence-corrected chi connectivity index (χ3v) is 5.80. The van der Waals surface area contributed by atoms with Crippen LogP contribution >= 0.6 is 11.6 Å². The molecule has 26 heavy (non-hydrogen) atoms. The van der Waals surface area contributed by atoms with E-state index in [4.69, 9.17) is 11.6 Å². The molecule has 0 bridgehead atoms. The van der Waals surface area contributed by atoms with Crippen molar-refractivity contribution < 1.29 is 22.7 Å². The SMILES string of the molecule is O=C1COC(=O)N1C[C@H](NS(=O)(=O)c1ccccc1Cl)c1ccccc1. The van der Waals surface area contributed by atoms with Crippen molar-refractivity contribution in [1.29, 1.82) is 0 Å². The number of nitrogens with one attached hydrogen (secondary N) is 1. The molecule has 2 aromatic rings. The first-order valence-electron chi connectivity index (χ1n) is 7.67. The van der Waals surface area contributed by atoms with Gasteiger partial charge in [0.05, 0.1) is 17.6 Å². The first kappa shape index (κ1) is 18.4. The third-order valence-electron chi connectivity index (χ3n) is 3.83. The van der Waals surface area contributed by atoms with Crippen molar-refractivity contribution in [1.82, 2.24) is 9.62 Å². The minimum Gasteiger partial charge on any atom is -0.439 e. The standard InChI is InChI=1S/C17H15ClN2O5S/c18-13-8-4-5-9-15(13)26(23,24)19-14(12-6-2-1-3-7-12)10-20-16(21)11-25-17(20)22/h1-9,14,19H,10-11H2/t14-/m0/s1. The van der Waals surface area contributed by atoms with E-state index in [-0.39, 0.29) is 23.1 Å². The molecule has 0 spiro atoms. The lowest BCUT2D eigenvalue weighted by atomic mass is 10.1. The number of rotatable bonds is 6. The summed E-state index contributed by atoms with van der Waals surface area (Å²) in [5.74, 6) is -0.520. The van der Waals surface area contributed by atoms with Crippen LogP contribution in [0.15, 0.2) is 59.5 Å². The van der Waals surface area contributed by atoms with Gasteiger partial charge in [0, 0.05) is 0 Å². The van der Waals surface area contributed by atoms with Gasteiger partial charge >= 0.3 is 6.09 Å². The smallest absolute Gasteiger partial charge is 0.417 e. The fourth-order valence-corrected chi connectivity index (χ4v) is 4.28. The van der Waals surface area contributed by atoms with Gasteiger partial charge in [-0.3, -0.25) is 4.79 Å². The van der Waals surface area contributed by atoms with E-state index in [1.54, 1.807) is 42.5 Å². The number of imide groups is 1. The number of halogens is 1. The highest BCUT2D eigenvalue weighted by Crippen LogP contribution is 2.24. The molecule has 1 atom stereocenters. The van der Waals surface area contributed by atoms with Gasteiger partial charge in [-0.2, -0.15) is 0 Å². The van der Waals surface area contributed by atoms with Gasteiger partial charge in [-0.1, -0.05) is 54.1 Å². The highest BCUT2D eigenvalue weighted by Gasteiger charge is 2.35. The molecule has 1 saturated heterocycles. The highest BCUT2D eigenvalue weighted by molar-refractivity contribution is 7.89. The number of carbonyl (C=O) groups is 2. The molecular weight excluding hydrogens is 380 g/mol. The first-order valence-corrected chi connectivity index (χ1v) is 9.53. The summed E-state index contributed by atoms with van der Waals surface area (Å²) in [6, 6.07) is 13.8. The molecule has 1 N–H and O–H groups in total. The maximum Gasteiger partial charge on any atom is 0.417 e. The van der Waals surface area contributed by atoms with E-state index in [2.05, 4.69) is 9.46 Å². The molecule has 136 valence electrons. The number of sulfonamides is 1. The Kier molecular flexibility index (Phi) is 5.26. The zero-order chi connectivity index (χ0) is 18.7. The van der Waals surface area contributed by atoms with Crippen molar-refractivity contribution in [3.8, 4) is 0 Å². The number of nitrogens with zero attached hydrogens (tertiary/aromatic N) is 1. The number of benzene rings is 2. The van der Waals surface area contributed by atoms with Crippen molar-refractivity contribution in [2.75, 3.05) is 13.2 Å². The van der Waals surface area contributed by atoms with E-state index in [1.165, 1.54) is 12.1 Å². The van der Waals surface area contributed by atoms with Crippen molar-refractivity contribution in [2.24, 2.45) is 0 Å². The highest BCUT2D eigenvalue weighted by atomic mass is 35.5. The predicted octanol–water partition coefficient (Wildman–Crippen LogP) is 2.34. The largest absolute Gasteiger partial charge is 0.439 e. The zero-order valence-electron chi connectivity index (χ0n) is 13.5. The van der Waals surface area contributed by atoms with E-state index in [1.807, 2.05) is 0 Å². The summed E-state index contributed by atoms with van der Waals surface area (Å²) < 4.78 is 32.7. The Balaban J connectivity index is 1.93. The molecular formula is C17H15ClN2O5S. The lowest BCUT2D eigenvalue weighted by Gasteiger charge is -2.23. The molecule has 2 aromatic carbocycles. The molecule has 1 fully saturated rings. The summed E-state index contributed by atoms with van der Waals surface area (Å²) in [4.78, 5) is 24.3. The molecule has 0 unspecified atom stereocenters. The normalized spacial score (nSPS) is 15.8. The van der Waals surface area contributed by atoms with Crippen LogP contribution in [0, 0.1) is 0 Å². The molecule has 1 aliphatic rings. The molecule has 7 nitrogen and oxygen atoms in total. The minimum atomic E-state index is -3.99. The lowest BCUT2D eigenvalue weighted by Crippen LogP contribution is -2.40. The second-order valence-corrected chi connectivity index (χ2v) is 7.66. The number of hydrogen-bond donors (Lipinski definition) is 1. The summed E-state index contributed by atoms with van der Waals surface area (Å²) in [5.41, 5.74) is 0.593. The Hall–Kier alpha value is -2.42. The Labute approximate surface area is 155 Å². The topological polar surface area (TPSA) is 92.8 Å². The molecule has 9 heteroatoms. The van der Waals surface area contributed by atoms with Gasteiger partial charge in [0.1, 0.15) is 4.90 Å². The second kappa shape index (κ2) is 7.45. The van der Waals surface area contributed by atoms with Crippen LogP contribution in [0.2, 0.25) is 5.02 Å². The molecule has 0 aromatic heterocycles. The maximum absolute atomic E-state index is 12.8. The summed E-state index contributed by atoms with van der Waals surface area (Å²) in [6.45, 7) is -0.539. The van der Waals surface area contributed by atoms with Crippen molar-refractivity contribution in [2.45, 2.75) is 10.9 Å². The molecule has 0 radical (unpaired) electrons. The van der Waals surface area contributed by atoms with Gasteiger partial charge in [-0.25, -0.2) is 22.8 Å². The van der Waals surface area contributed by atoms with Crippen LogP contribution in [0.1, 0.15) is 11.6 Å². The number of carbonyl (C=O) groups excluding carboxylic acids is 2. The van der Waals surface area contributed by atoms with Crippen LogP contribution in [-0.4, -0.2) is 38.5 Å². The van der Waals surface area contributed by atoms with E-state index < -0.39 is 28.1 Å². The Morgan fingerprint density at radius 1 is 1.08 bits per heavy atom. The van der Waals surface area contributed by atoms with E-state index in [9.17, 15) is 18.0 Å². The first-order chi connectivity index (χ1) is 12.4. The van der Waals surface area contributed by atoms with Gasteiger partial charge in [0.15, 0.2) is 6.61 Å². The van der Waals surface area contributed by atoms with Crippen LogP contribution in [0.5, 0.6) is 0 Å². The maximum atomic E-state index is 12.8. The van der Waals surface area contributed by atoms with Gasteiger partial charge in [0.25, 0.3) is 5.91 Å². The second-order valence-electron chi connectivity index (χ2n) is 5.57. The van der Waals surface area contributed by atoms with Crippen LogP contribution in [-0.2, 0) is 19.6 Å². The average Bonchev–Trinajstić information content (AvgIpc) is 2.94. The van der Waals surface area contributed by atoms with Crippen LogP contribution in [0.3, 0.4) is 0 Å². The minimum absolute atomic E-state index is 0.0727. The van der Waals surface area contributed by atoms with Crippen LogP contribution in [0.25, 0.3) is 0 Å². The third kappa shape index (κ3) is 3.87. The Bertz CT molecular complexity index is 917. The van der Waals surface area contributed by atoms with E-state index in [0.29, 0.717) is 5.56 Å². The number of cyclic esters (lactones) is 1. The Morgan fingerprint density at radius 2 is 1.73 bits per heavy atom. The van der Waals surface area contributed by atoms with Crippen LogP contribution < -0.4 is 4.72 Å². The summed E-state index contributed by atoms with van der Waals surface area (Å²) in [7, 11) is -3.99. The Morgan fingerprint density at radius 3 is 2.35 bits per heavy atom. The summed E-state index contributed by atoms with van der Waals surface area (Å²) in [6.07, 6.45) is -0.798. The molecule has 2 amide bonds. The number of amides is 2. The van der Waals surface area contributed by atoms with Gasteiger partial charge in [-0.05, 0) is 17.7 Å². The quantitative estimate of drug-likeness (QED) is 0.811. The molecule has 0 aliphatic carbocycles. The van der Waals surface area contributed by atoms with Crippen molar-refractivity contribution >= 4 is 33.6 Å². The summed E-state index contributed by atoms with van der Waals surface area (Å²) >= 11 is 6.00. The van der Waals surface area contributed by atoms with Crippen LogP contribution in [0.4, 0.5) is 4.79 Å². The number of ether oxygens (including phenoxy) is 1. The van der Waals surface area contributed by atoms with Crippen molar-refractivity contribution in [3.63, 3.8) is 0 Å². The zero-order valence-corrected chi connectivity index (χ0v) is 15.0. The lowest BCUT2D eigenvalue weighted by molar-refractivity contribution is -0.126. The monoisotopic (exact) mass is 394 g/mol. The van der Waals surface area contributed by atoms with Gasteiger partial charge < -0.3 is 4.74 Å². The predicted molar refractivity (Wildman–Crippen MR) is 94.0 cm³/mol. The average molecular weight is 395 g/mol.